The van der Waals surface area contributed by atoms with Gasteiger partial charge in [-0.3, -0.25) is 4.79 Å². The van der Waals surface area contributed by atoms with Crippen molar-refractivity contribution in [1.29, 1.82) is 0 Å². The van der Waals surface area contributed by atoms with Crippen molar-refractivity contribution in [3.05, 3.63) is 36.5 Å². The summed E-state index contributed by atoms with van der Waals surface area (Å²) in [5.41, 5.74) is 0. The second kappa shape index (κ2) is 53.9. The van der Waals surface area contributed by atoms with Crippen LogP contribution in [0.5, 0.6) is 0 Å². The van der Waals surface area contributed by atoms with Gasteiger partial charge in [0, 0.05) is 6.42 Å². The van der Waals surface area contributed by atoms with Crippen LogP contribution in [-0.2, 0) is 4.79 Å². The van der Waals surface area contributed by atoms with Crippen molar-refractivity contribution in [2.75, 3.05) is 6.61 Å². The van der Waals surface area contributed by atoms with Crippen LogP contribution in [0.25, 0.3) is 0 Å². The minimum atomic E-state index is -0.860. The molecular formula is C58H111NO3. The van der Waals surface area contributed by atoms with Crippen molar-refractivity contribution >= 4 is 5.91 Å². The highest BCUT2D eigenvalue weighted by atomic mass is 16.3. The standard InChI is InChI=1S/C58H111NO3/c1-3-5-7-9-11-13-15-17-19-20-21-22-23-24-25-26-27-28-29-30-31-32-33-34-35-36-37-38-40-42-44-46-48-50-52-54-58(62)59-56(55-60)57(61)53-51-49-47-45-43-41-39-18-16-14-12-10-8-6-4-2/h20-21,43,45,51,53,56-57,60-61H,3-19,22-42,44,46-50,52,54-55H2,1-2H3,(H,59,62)/b21-20-,45-43+,53-51+. The van der Waals surface area contributed by atoms with Gasteiger partial charge in [-0.2, -0.15) is 0 Å². The Bertz CT molecular complexity index is 943. The zero-order chi connectivity index (χ0) is 44.9. The molecule has 2 unspecified atom stereocenters. The molecule has 4 heteroatoms. The van der Waals surface area contributed by atoms with E-state index in [9.17, 15) is 15.0 Å². The van der Waals surface area contributed by atoms with E-state index in [0.29, 0.717) is 6.42 Å². The van der Waals surface area contributed by atoms with E-state index in [1.54, 1.807) is 6.08 Å². The molecule has 4 nitrogen and oxygen atoms in total. The van der Waals surface area contributed by atoms with Crippen molar-refractivity contribution in [2.24, 2.45) is 0 Å². The van der Waals surface area contributed by atoms with E-state index < -0.39 is 12.1 Å². The second-order valence-electron chi connectivity index (χ2n) is 19.3. The number of nitrogens with one attached hydrogen (secondary N) is 1. The lowest BCUT2D eigenvalue weighted by Gasteiger charge is -2.19. The lowest BCUT2D eigenvalue weighted by Crippen LogP contribution is -2.45. The zero-order valence-electron chi connectivity index (χ0n) is 42.2. The first-order valence-electron chi connectivity index (χ1n) is 28.2. The second-order valence-corrected chi connectivity index (χ2v) is 19.3. The van der Waals surface area contributed by atoms with Crippen LogP contribution in [-0.4, -0.2) is 34.9 Å². The Kier molecular flexibility index (Phi) is 52.7. The molecule has 0 spiro atoms. The molecular weight excluding hydrogens is 759 g/mol. The van der Waals surface area contributed by atoms with Gasteiger partial charge in [-0.1, -0.05) is 281 Å². The fourth-order valence-electron chi connectivity index (χ4n) is 8.78. The van der Waals surface area contributed by atoms with E-state index in [0.717, 1.165) is 32.1 Å². The van der Waals surface area contributed by atoms with E-state index in [4.69, 9.17) is 0 Å². The highest BCUT2D eigenvalue weighted by Crippen LogP contribution is 2.17. The monoisotopic (exact) mass is 870 g/mol. The predicted octanol–water partition coefficient (Wildman–Crippen LogP) is 18.5. The molecule has 0 rings (SSSR count). The highest BCUT2D eigenvalue weighted by molar-refractivity contribution is 5.76. The smallest absolute Gasteiger partial charge is 0.220 e. The molecule has 3 N–H and O–H groups in total. The van der Waals surface area contributed by atoms with Gasteiger partial charge in [-0.15, -0.1) is 0 Å². The quantitative estimate of drug-likeness (QED) is 0.0421. The molecule has 62 heavy (non-hydrogen) atoms. The van der Waals surface area contributed by atoms with Gasteiger partial charge in [0.1, 0.15) is 0 Å². The minimum Gasteiger partial charge on any atom is -0.394 e. The van der Waals surface area contributed by atoms with Crippen LogP contribution < -0.4 is 5.32 Å². The summed E-state index contributed by atoms with van der Waals surface area (Å²) in [5.74, 6) is -0.0689. The molecule has 0 aromatic heterocycles. The number of amides is 1. The fourth-order valence-corrected chi connectivity index (χ4v) is 8.78. The Morgan fingerprint density at radius 2 is 0.629 bits per heavy atom. The molecule has 0 saturated heterocycles. The van der Waals surface area contributed by atoms with Gasteiger partial charge in [0.25, 0.3) is 0 Å². The average molecular weight is 871 g/mol. The maximum absolute atomic E-state index is 12.4. The third-order valence-electron chi connectivity index (χ3n) is 13.1. The van der Waals surface area contributed by atoms with Crippen LogP contribution in [0.3, 0.4) is 0 Å². The summed E-state index contributed by atoms with van der Waals surface area (Å²) in [6, 6.07) is -0.636. The maximum atomic E-state index is 12.4. The number of aliphatic hydroxyl groups is 2. The van der Waals surface area contributed by atoms with Crippen molar-refractivity contribution < 1.29 is 15.0 Å². The molecule has 0 fully saturated rings. The maximum Gasteiger partial charge on any atom is 0.220 e. The van der Waals surface area contributed by atoms with Gasteiger partial charge in [-0.05, 0) is 57.8 Å². The first kappa shape index (κ1) is 60.6. The van der Waals surface area contributed by atoms with Gasteiger partial charge in [0.15, 0.2) is 0 Å². The average Bonchev–Trinajstić information content (AvgIpc) is 3.28. The van der Waals surface area contributed by atoms with Crippen LogP contribution in [0.15, 0.2) is 36.5 Å². The van der Waals surface area contributed by atoms with Crippen LogP contribution in [0.1, 0.15) is 309 Å². The number of aliphatic hydroxyl groups excluding tert-OH is 2. The molecule has 0 aromatic rings. The first-order chi connectivity index (χ1) is 30.7. The Labute approximate surface area is 389 Å². The van der Waals surface area contributed by atoms with E-state index in [1.165, 1.54) is 257 Å². The van der Waals surface area contributed by atoms with Gasteiger partial charge in [0.05, 0.1) is 18.8 Å². The number of hydrogen-bond acceptors (Lipinski definition) is 3. The molecule has 0 aliphatic carbocycles. The number of carbonyl (C=O) groups is 1. The Morgan fingerprint density at radius 1 is 0.371 bits per heavy atom. The first-order valence-corrected chi connectivity index (χ1v) is 28.2. The van der Waals surface area contributed by atoms with Gasteiger partial charge < -0.3 is 15.5 Å². The highest BCUT2D eigenvalue weighted by Gasteiger charge is 2.18. The molecule has 0 aliphatic rings. The van der Waals surface area contributed by atoms with Crippen molar-refractivity contribution in [3.63, 3.8) is 0 Å². The summed E-state index contributed by atoms with van der Waals surface area (Å²) < 4.78 is 0. The van der Waals surface area contributed by atoms with Crippen molar-refractivity contribution in [2.45, 2.75) is 321 Å². The largest absolute Gasteiger partial charge is 0.394 e. The SMILES string of the molecule is CCCCCCCCCC/C=C\CCCCCCCCCCCCCCCCCCCCCCCCCC(=O)NC(CO)C(O)/C=C/CC/C=C/CCCCCCCCCCC. The number of rotatable bonds is 52. The molecule has 0 aromatic carbocycles. The number of unbranched alkanes of at least 4 members (excludes halogenated alkanes) is 41. The van der Waals surface area contributed by atoms with Gasteiger partial charge in [0.2, 0.25) is 5.91 Å². The van der Waals surface area contributed by atoms with E-state index in [-0.39, 0.29) is 12.5 Å². The lowest BCUT2D eigenvalue weighted by molar-refractivity contribution is -0.123. The zero-order valence-corrected chi connectivity index (χ0v) is 42.2. The minimum absolute atomic E-state index is 0.0689. The van der Waals surface area contributed by atoms with Crippen molar-refractivity contribution in [3.8, 4) is 0 Å². The van der Waals surface area contributed by atoms with Crippen molar-refractivity contribution in [1.82, 2.24) is 5.32 Å². The number of carbonyl (C=O) groups excluding carboxylic acids is 1. The van der Waals surface area contributed by atoms with Gasteiger partial charge >= 0.3 is 0 Å². The summed E-state index contributed by atoms with van der Waals surface area (Å²) in [7, 11) is 0. The van der Waals surface area contributed by atoms with E-state index in [1.807, 2.05) is 6.08 Å². The Balaban J connectivity index is 3.42. The van der Waals surface area contributed by atoms with E-state index >= 15 is 0 Å². The summed E-state index contributed by atoms with van der Waals surface area (Å²) in [6.45, 7) is 4.31. The molecule has 0 aliphatic heterocycles. The molecule has 0 radical (unpaired) electrons. The molecule has 0 saturated carbocycles. The Morgan fingerprint density at radius 3 is 0.935 bits per heavy atom. The van der Waals surface area contributed by atoms with Gasteiger partial charge in [-0.25, -0.2) is 0 Å². The molecule has 366 valence electrons. The normalized spacial score (nSPS) is 13.0. The lowest BCUT2D eigenvalue weighted by atomic mass is 10.0. The van der Waals surface area contributed by atoms with E-state index in [2.05, 4.69) is 43.5 Å². The van der Waals surface area contributed by atoms with Crippen LogP contribution in [0.2, 0.25) is 0 Å². The third kappa shape index (κ3) is 49.6. The third-order valence-corrected chi connectivity index (χ3v) is 13.1. The van der Waals surface area contributed by atoms with Crippen LogP contribution >= 0.6 is 0 Å². The number of hydrogen-bond donors (Lipinski definition) is 3. The predicted molar refractivity (Wildman–Crippen MR) is 276 cm³/mol. The molecule has 1 amide bonds. The summed E-state index contributed by atoms with van der Waals surface area (Å²) >= 11 is 0. The molecule has 0 heterocycles. The molecule has 2 atom stereocenters. The summed E-state index contributed by atoms with van der Waals surface area (Å²) in [6.07, 6.45) is 73.2. The topological polar surface area (TPSA) is 69.6 Å². The summed E-state index contributed by atoms with van der Waals surface area (Å²) in [4.78, 5) is 12.4. The summed E-state index contributed by atoms with van der Waals surface area (Å²) in [5, 5.41) is 23.1. The Hall–Kier alpha value is -1.39. The van der Waals surface area contributed by atoms with Crippen LogP contribution in [0.4, 0.5) is 0 Å². The molecule has 0 bridgehead atoms. The fraction of sp³-hybridized carbons (Fsp3) is 0.879. The van der Waals surface area contributed by atoms with Crippen LogP contribution in [0, 0.1) is 0 Å². The number of allylic oxidation sites excluding steroid dienone is 5.